The highest BCUT2D eigenvalue weighted by Crippen LogP contribution is 2.21. The molecule has 2 aromatic heterocycles. The van der Waals surface area contributed by atoms with Gasteiger partial charge in [0.2, 0.25) is 0 Å². The fraction of sp³-hybridized carbons (Fsp3) is 0.250. The Kier molecular flexibility index (Phi) is 4.94. The molecule has 0 atom stereocenters. The van der Waals surface area contributed by atoms with Crippen molar-refractivity contribution in [3.63, 3.8) is 0 Å². The second-order valence-electron chi connectivity index (χ2n) is 6.59. The molecular weight excluding hydrogens is 406 g/mol. The number of nitrogens with one attached hydrogen (secondary N) is 1. The zero-order valence-corrected chi connectivity index (χ0v) is 16.6. The van der Waals surface area contributed by atoms with E-state index in [1.54, 1.807) is 17.1 Å². The molecule has 1 amide bonds. The Balaban J connectivity index is 1.49. The van der Waals surface area contributed by atoms with Gasteiger partial charge in [-0.25, -0.2) is 9.67 Å². The molecule has 1 saturated heterocycles. The molecule has 0 bridgehead atoms. The molecule has 7 heteroatoms. The lowest BCUT2D eigenvalue weighted by Gasteiger charge is -2.16. The Hall–Kier alpha value is -2.67. The van der Waals surface area contributed by atoms with E-state index in [1.807, 2.05) is 43.3 Å². The number of halogens is 1. The number of hydrogen-bond donors (Lipinski definition) is 1. The van der Waals surface area contributed by atoms with Crippen LogP contribution in [0, 0.1) is 6.92 Å². The average Bonchev–Trinajstić information content (AvgIpc) is 3.33. The lowest BCUT2D eigenvalue weighted by atomic mass is 10.2. The summed E-state index contributed by atoms with van der Waals surface area (Å²) in [5.41, 5.74) is 2.92. The first-order chi connectivity index (χ1) is 13.1. The van der Waals surface area contributed by atoms with E-state index in [-0.39, 0.29) is 5.91 Å². The minimum absolute atomic E-state index is 0.188. The molecule has 1 aliphatic rings. The summed E-state index contributed by atoms with van der Waals surface area (Å²) in [6, 6.07) is 11.7. The highest BCUT2D eigenvalue weighted by Gasteiger charge is 2.17. The number of benzene rings is 1. The third-order valence-electron chi connectivity index (χ3n) is 4.76. The molecule has 1 N–H and O–H groups in total. The molecule has 0 spiro atoms. The summed E-state index contributed by atoms with van der Waals surface area (Å²) in [7, 11) is 0. The molecule has 4 rings (SSSR count). The first-order valence-electron chi connectivity index (χ1n) is 8.95. The maximum absolute atomic E-state index is 12.7. The van der Waals surface area contributed by atoms with Crippen LogP contribution in [0.3, 0.4) is 0 Å². The van der Waals surface area contributed by atoms with Crippen molar-refractivity contribution in [2.45, 2.75) is 19.8 Å². The molecule has 0 radical (unpaired) electrons. The average molecular weight is 426 g/mol. The third-order valence-corrected chi connectivity index (χ3v) is 5.29. The lowest BCUT2D eigenvalue weighted by molar-refractivity contribution is 0.102. The van der Waals surface area contributed by atoms with Gasteiger partial charge in [-0.1, -0.05) is 15.9 Å². The molecule has 1 aliphatic heterocycles. The number of pyridine rings is 1. The predicted octanol–water partition coefficient (Wildman–Crippen LogP) is 4.19. The minimum atomic E-state index is -0.188. The van der Waals surface area contributed by atoms with Crippen LogP contribution < -0.4 is 10.2 Å². The number of carbonyl (C=O) groups is 1. The zero-order valence-electron chi connectivity index (χ0n) is 15.0. The van der Waals surface area contributed by atoms with E-state index in [9.17, 15) is 4.79 Å². The molecule has 1 aromatic carbocycles. The Labute approximate surface area is 166 Å². The van der Waals surface area contributed by atoms with Crippen molar-refractivity contribution in [2.24, 2.45) is 0 Å². The van der Waals surface area contributed by atoms with Gasteiger partial charge in [-0.3, -0.25) is 4.79 Å². The molecule has 27 heavy (non-hydrogen) atoms. The van der Waals surface area contributed by atoms with Gasteiger partial charge in [-0.05, 0) is 56.2 Å². The highest BCUT2D eigenvalue weighted by atomic mass is 79.9. The van der Waals surface area contributed by atoms with Crippen molar-refractivity contribution in [3.05, 3.63) is 64.5 Å². The van der Waals surface area contributed by atoms with E-state index in [0.29, 0.717) is 11.3 Å². The largest absolute Gasteiger partial charge is 0.357 e. The number of amides is 1. The van der Waals surface area contributed by atoms with Crippen LogP contribution >= 0.6 is 15.9 Å². The van der Waals surface area contributed by atoms with Crippen LogP contribution in [0.25, 0.3) is 5.69 Å². The third kappa shape index (κ3) is 3.73. The van der Waals surface area contributed by atoms with Gasteiger partial charge in [0.1, 0.15) is 5.82 Å². The molecule has 3 aromatic rings. The molecule has 138 valence electrons. The Bertz CT molecular complexity index is 944. The topological polar surface area (TPSA) is 63.1 Å². The van der Waals surface area contributed by atoms with E-state index >= 15 is 0 Å². The fourth-order valence-electron chi connectivity index (χ4n) is 3.27. The quantitative estimate of drug-likeness (QED) is 0.680. The number of rotatable bonds is 4. The van der Waals surface area contributed by atoms with Crippen LogP contribution in [0.1, 0.15) is 28.9 Å². The summed E-state index contributed by atoms with van der Waals surface area (Å²) < 4.78 is 2.76. The summed E-state index contributed by atoms with van der Waals surface area (Å²) in [5, 5.41) is 7.27. The summed E-state index contributed by atoms with van der Waals surface area (Å²) in [6.07, 6.45) is 5.72. The van der Waals surface area contributed by atoms with E-state index < -0.39 is 0 Å². The molecule has 3 heterocycles. The predicted molar refractivity (Wildman–Crippen MR) is 110 cm³/mol. The van der Waals surface area contributed by atoms with Crippen molar-refractivity contribution in [2.75, 3.05) is 23.3 Å². The summed E-state index contributed by atoms with van der Waals surface area (Å²) in [6.45, 7) is 3.99. The van der Waals surface area contributed by atoms with E-state index in [4.69, 9.17) is 0 Å². The Morgan fingerprint density at radius 3 is 2.48 bits per heavy atom. The van der Waals surface area contributed by atoms with Gasteiger partial charge in [0.05, 0.1) is 35.0 Å². The number of anilines is 2. The van der Waals surface area contributed by atoms with E-state index in [2.05, 4.69) is 36.2 Å². The summed E-state index contributed by atoms with van der Waals surface area (Å²) >= 11 is 3.43. The normalized spacial score (nSPS) is 13.8. The molecule has 0 saturated carbocycles. The summed E-state index contributed by atoms with van der Waals surface area (Å²) in [5.74, 6) is 0.774. The van der Waals surface area contributed by atoms with Crippen molar-refractivity contribution in [3.8, 4) is 5.69 Å². The fourth-order valence-corrected chi connectivity index (χ4v) is 3.53. The van der Waals surface area contributed by atoms with Gasteiger partial charge in [0, 0.05) is 17.6 Å². The van der Waals surface area contributed by atoms with Crippen LogP contribution in [0.15, 0.2) is 53.3 Å². The summed E-state index contributed by atoms with van der Waals surface area (Å²) in [4.78, 5) is 19.4. The van der Waals surface area contributed by atoms with Crippen LogP contribution in [0.4, 0.5) is 11.5 Å². The maximum atomic E-state index is 12.7. The second-order valence-corrected chi connectivity index (χ2v) is 7.50. The van der Waals surface area contributed by atoms with Crippen molar-refractivity contribution < 1.29 is 4.79 Å². The van der Waals surface area contributed by atoms with Gasteiger partial charge in [0.15, 0.2) is 0 Å². The Morgan fingerprint density at radius 2 is 1.81 bits per heavy atom. The highest BCUT2D eigenvalue weighted by molar-refractivity contribution is 9.10. The first-order valence-corrected chi connectivity index (χ1v) is 9.74. The molecule has 6 nitrogen and oxygen atoms in total. The minimum Gasteiger partial charge on any atom is -0.357 e. The smallest absolute Gasteiger partial charge is 0.259 e. The van der Waals surface area contributed by atoms with Gasteiger partial charge >= 0.3 is 0 Å². The van der Waals surface area contributed by atoms with E-state index in [0.717, 1.165) is 34.8 Å². The molecule has 0 unspecified atom stereocenters. The van der Waals surface area contributed by atoms with Gasteiger partial charge < -0.3 is 10.2 Å². The van der Waals surface area contributed by atoms with Crippen LogP contribution in [0.2, 0.25) is 0 Å². The van der Waals surface area contributed by atoms with Gasteiger partial charge in [0.25, 0.3) is 5.91 Å². The zero-order chi connectivity index (χ0) is 18.8. The van der Waals surface area contributed by atoms with Crippen molar-refractivity contribution in [1.82, 2.24) is 14.8 Å². The molecule has 1 fully saturated rings. The number of aromatic nitrogens is 3. The standard InChI is InChI=1S/C20H20BrN5O/c1-14-18(13-23-26(14)17-7-4-15(21)5-8-17)20(27)24-16-6-9-19(22-12-16)25-10-2-3-11-25/h4-9,12-13H,2-3,10-11H2,1H3,(H,24,27). The monoisotopic (exact) mass is 425 g/mol. The van der Waals surface area contributed by atoms with Crippen LogP contribution in [-0.2, 0) is 0 Å². The van der Waals surface area contributed by atoms with Gasteiger partial charge in [-0.2, -0.15) is 5.10 Å². The molecular formula is C20H20BrN5O. The van der Waals surface area contributed by atoms with Crippen LogP contribution in [0.5, 0.6) is 0 Å². The lowest BCUT2D eigenvalue weighted by Crippen LogP contribution is -2.19. The maximum Gasteiger partial charge on any atom is 0.259 e. The van der Waals surface area contributed by atoms with Crippen molar-refractivity contribution >= 4 is 33.3 Å². The van der Waals surface area contributed by atoms with Gasteiger partial charge in [-0.15, -0.1) is 0 Å². The van der Waals surface area contributed by atoms with Crippen molar-refractivity contribution in [1.29, 1.82) is 0 Å². The Morgan fingerprint density at radius 1 is 1.07 bits per heavy atom. The SMILES string of the molecule is Cc1c(C(=O)Nc2ccc(N3CCCC3)nc2)cnn1-c1ccc(Br)cc1. The number of carbonyl (C=O) groups excluding carboxylic acids is 1. The number of nitrogens with zero attached hydrogens (tertiary/aromatic N) is 4. The second kappa shape index (κ2) is 7.52. The van der Waals surface area contributed by atoms with Crippen LogP contribution in [-0.4, -0.2) is 33.8 Å². The van der Waals surface area contributed by atoms with E-state index in [1.165, 1.54) is 12.8 Å². The first kappa shape index (κ1) is 17.7. The molecule has 0 aliphatic carbocycles. The number of hydrogen-bond acceptors (Lipinski definition) is 4.